The van der Waals surface area contributed by atoms with Crippen molar-refractivity contribution in [3.05, 3.63) is 57.7 Å². The van der Waals surface area contributed by atoms with Crippen LogP contribution < -0.4 is 4.90 Å². The van der Waals surface area contributed by atoms with Gasteiger partial charge >= 0.3 is 6.18 Å². The summed E-state index contributed by atoms with van der Waals surface area (Å²) in [5.41, 5.74) is -0.466. The molecule has 138 valence electrons. The SMILES string of the molecule is O=C(c1ccccc1Cl)N1CCN(c2ncc(C(F)(F)F)cc2Cl)CC1. The fourth-order valence-corrected chi connectivity index (χ4v) is 3.25. The zero-order valence-corrected chi connectivity index (χ0v) is 14.9. The van der Waals surface area contributed by atoms with E-state index in [1.807, 2.05) is 0 Å². The van der Waals surface area contributed by atoms with Crippen LogP contribution in [0.15, 0.2) is 36.5 Å². The molecule has 4 nitrogen and oxygen atoms in total. The number of alkyl halides is 3. The number of pyridine rings is 1. The number of nitrogens with zero attached hydrogens (tertiary/aromatic N) is 3. The summed E-state index contributed by atoms with van der Waals surface area (Å²) >= 11 is 12.0. The van der Waals surface area contributed by atoms with Crippen LogP contribution in [0.1, 0.15) is 15.9 Å². The second kappa shape index (κ2) is 7.32. The quantitative estimate of drug-likeness (QED) is 0.746. The highest BCUT2D eigenvalue weighted by molar-refractivity contribution is 6.34. The number of carbonyl (C=O) groups excluding carboxylic acids is 1. The van der Waals surface area contributed by atoms with E-state index in [1.165, 1.54) is 0 Å². The fraction of sp³-hybridized carbons (Fsp3) is 0.294. The van der Waals surface area contributed by atoms with E-state index in [1.54, 1.807) is 34.1 Å². The van der Waals surface area contributed by atoms with E-state index in [0.717, 1.165) is 12.3 Å². The third-order valence-corrected chi connectivity index (χ3v) is 4.73. The first-order valence-corrected chi connectivity index (χ1v) is 8.54. The van der Waals surface area contributed by atoms with Gasteiger partial charge in [-0.1, -0.05) is 35.3 Å². The zero-order chi connectivity index (χ0) is 18.9. The summed E-state index contributed by atoms with van der Waals surface area (Å²) < 4.78 is 38.1. The summed E-state index contributed by atoms with van der Waals surface area (Å²) in [6.07, 6.45) is -3.72. The van der Waals surface area contributed by atoms with Crippen LogP contribution in [0.4, 0.5) is 19.0 Å². The molecular formula is C17H14Cl2F3N3O. The van der Waals surface area contributed by atoms with Gasteiger partial charge in [0.25, 0.3) is 5.91 Å². The maximum Gasteiger partial charge on any atom is 0.417 e. The van der Waals surface area contributed by atoms with Crippen molar-refractivity contribution in [2.75, 3.05) is 31.1 Å². The summed E-state index contributed by atoms with van der Waals surface area (Å²) in [5, 5.41) is 0.318. The number of amides is 1. The summed E-state index contributed by atoms with van der Waals surface area (Å²) in [5.74, 6) is 0.103. The van der Waals surface area contributed by atoms with Crippen molar-refractivity contribution < 1.29 is 18.0 Å². The van der Waals surface area contributed by atoms with Gasteiger partial charge in [-0.2, -0.15) is 13.2 Å². The summed E-state index contributed by atoms with van der Waals surface area (Å²) in [7, 11) is 0. The van der Waals surface area contributed by atoms with Crippen LogP contribution in [0.25, 0.3) is 0 Å². The third kappa shape index (κ3) is 3.88. The number of halogens is 5. The highest BCUT2D eigenvalue weighted by Gasteiger charge is 2.32. The fourth-order valence-electron chi connectivity index (χ4n) is 2.74. The van der Waals surface area contributed by atoms with Crippen LogP contribution in [-0.4, -0.2) is 42.0 Å². The predicted octanol–water partition coefficient (Wildman–Crippen LogP) is 4.37. The Balaban J connectivity index is 1.69. The molecule has 0 bridgehead atoms. The Morgan fingerprint density at radius 3 is 2.27 bits per heavy atom. The first kappa shape index (κ1) is 18.8. The summed E-state index contributed by atoms with van der Waals surface area (Å²) in [6.45, 7) is 1.61. The third-order valence-electron chi connectivity index (χ3n) is 4.12. The zero-order valence-electron chi connectivity index (χ0n) is 13.4. The van der Waals surface area contributed by atoms with Crippen molar-refractivity contribution in [3.63, 3.8) is 0 Å². The number of aromatic nitrogens is 1. The number of hydrogen-bond acceptors (Lipinski definition) is 3. The maximum atomic E-state index is 12.7. The second-order valence-corrected chi connectivity index (χ2v) is 6.60. The van der Waals surface area contributed by atoms with Gasteiger partial charge in [0, 0.05) is 32.4 Å². The molecule has 1 aliphatic heterocycles. The second-order valence-electron chi connectivity index (χ2n) is 5.79. The van der Waals surface area contributed by atoms with E-state index in [0.29, 0.717) is 36.8 Å². The molecule has 0 N–H and O–H groups in total. The minimum absolute atomic E-state index is 0.0642. The number of benzene rings is 1. The van der Waals surface area contributed by atoms with Gasteiger partial charge in [0.2, 0.25) is 0 Å². The number of carbonyl (C=O) groups is 1. The lowest BCUT2D eigenvalue weighted by molar-refractivity contribution is -0.137. The van der Waals surface area contributed by atoms with Crippen LogP contribution >= 0.6 is 23.2 Å². The standard InChI is InChI=1S/C17H14Cl2F3N3O/c18-13-4-2-1-3-12(13)16(26)25-7-5-24(6-8-25)15-14(19)9-11(10-23-15)17(20,21)22/h1-4,9-10H,5-8H2. The van der Waals surface area contributed by atoms with Gasteiger partial charge in [0.1, 0.15) is 5.82 Å². The van der Waals surface area contributed by atoms with Crippen LogP contribution in [0.5, 0.6) is 0 Å². The van der Waals surface area contributed by atoms with E-state index in [4.69, 9.17) is 23.2 Å². The first-order valence-electron chi connectivity index (χ1n) is 7.79. The topological polar surface area (TPSA) is 36.4 Å². The van der Waals surface area contributed by atoms with E-state index < -0.39 is 11.7 Å². The lowest BCUT2D eigenvalue weighted by atomic mass is 10.1. The molecule has 0 saturated carbocycles. The van der Waals surface area contributed by atoms with Gasteiger partial charge in [-0.05, 0) is 18.2 Å². The van der Waals surface area contributed by atoms with Crippen LogP contribution in [0.3, 0.4) is 0 Å². The van der Waals surface area contributed by atoms with Gasteiger partial charge < -0.3 is 9.80 Å². The molecule has 26 heavy (non-hydrogen) atoms. The molecule has 9 heteroatoms. The number of hydrogen-bond donors (Lipinski definition) is 0. The molecule has 1 saturated heterocycles. The smallest absolute Gasteiger partial charge is 0.352 e. The largest absolute Gasteiger partial charge is 0.417 e. The molecule has 1 aromatic heterocycles. The normalized spacial score (nSPS) is 15.3. The van der Waals surface area contributed by atoms with E-state index in [9.17, 15) is 18.0 Å². The summed E-state index contributed by atoms with van der Waals surface area (Å²) in [6, 6.07) is 7.66. The summed E-state index contributed by atoms with van der Waals surface area (Å²) in [4.78, 5) is 19.8. The first-order chi connectivity index (χ1) is 12.3. The van der Waals surface area contributed by atoms with Gasteiger partial charge in [-0.25, -0.2) is 4.98 Å². The highest BCUT2D eigenvalue weighted by Crippen LogP contribution is 2.33. The lowest BCUT2D eigenvalue weighted by Crippen LogP contribution is -2.49. The van der Waals surface area contributed by atoms with Crippen molar-refractivity contribution in [1.29, 1.82) is 0 Å². The Kier molecular flexibility index (Phi) is 5.29. The highest BCUT2D eigenvalue weighted by atomic mass is 35.5. The molecule has 3 rings (SSSR count). The van der Waals surface area contributed by atoms with Crippen molar-refractivity contribution in [2.45, 2.75) is 6.18 Å². The molecule has 2 heterocycles. The Labute approximate surface area is 158 Å². The molecule has 1 aliphatic rings. The monoisotopic (exact) mass is 403 g/mol. The molecule has 2 aromatic rings. The maximum absolute atomic E-state index is 12.7. The average molecular weight is 404 g/mol. The number of piperazine rings is 1. The molecule has 1 fully saturated rings. The number of anilines is 1. The van der Waals surface area contributed by atoms with Crippen LogP contribution in [-0.2, 0) is 6.18 Å². The Morgan fingerprint density at radius 2 is 1.69 bits per heavy atom. The lowest BCUT2D eigenvalue weighted by Gasteiger charge is -2.36. The van der Waals surface area contributed by atoms with Crippen molar-refractivity contribution in [3.8, 4) is 0 Å². The minimum Gasteiger partial charge on any atom is -0.352 e. The Bertz CT molecular complexity index is 821. The molecule has 0 unspecified atom stereocenters. The molecule has 1 aromatic carbocycles. The van der Waals surface area contributed by atoms with Gasteiger partial charge in [0.15, 0.2) is 0 Å². The average Bonchev–Trinajstić information content (AvgIpc) is 2.61. The van der Waals surface area contributed by atoms with Crippen LogP contribution in [0, 0.1) is 0 Å². The van der Waals surface area contributed by atoms with E-state index in [-0.39, 0.29) is 16.7 Å². The van der Waals surface area contributed by atoms with Crippen molar-refractivity contribution in [2.24, 2.45) is 0 Å². The predicted molar refractivity (Wildman–Crippen MR) is 93.8 cm³/mol. The number of rotatable bonds is 2. The Hall–Kier alpha value is -1.99. The van der Waals surface area contributed by atoms with E-state index >= 15 is 0 Å². The molecule has 1 amide bonds. The van der Waals surface area contributed by atoms with E-state index in [2.05, 4.69) is 4.98 Å². The molecule has 0 aliphatic carbocycles. The minimum atomic E-state index is -4.49. The van der Waals surface area contributed by atoms with Gasteiger partial charge in [-0.15, -0.1) is 0 Å². The molecular weight excluding hydrogens is 390 g/mol. The van der Waals surface area contributed by atoms with Gasteiger partial charge in [-0.3, -0.25) is 4.79 Å². The van der Waals surface area contributed by atoms with Crippen LogP contribution in [0.2, 0.25) is 10.0 Å². The van der Waals surface area contributed by atoms with Crippen molar-refractivity contribution in [1.82, 2.24) is 9.88 Å². The Morgan fingerprint density at radius 1 is 1.04 bits per heavy atom. The molecule has 0 atom stereocenters. The molecule has 0 radical (unpaired) electrons. The van der Waals surface area contributed by atoms with Gasteiger partial charge in [0.05, 0.1) is 21.2 Å². The molecule has 0 spiro atoms. The van der Waals surface area contributed by atoms with Crippen molar-refractivity contribution >= 4 is 34.9 Å².